The highest BCUT2D eigenvalue weighted by atomic mass is 16.6. The Morgan fingerprint density at radius 1 is 1.41 bits per heavy atom. The van der Waals surface area contributed by atoms with Gasteiger partial charge in [-0.05, 0) is 37.5 Å². The lowest BCUT2D eigenvalue weighted by atomic mass is 10.1. The van der Waals surface area contributed by atoms with Crippen molar-refractivity contribution in [2.75, 3.05) is 12.4 Å². The molecular weight excluding hydrogens is 350 g/mol. The fourth-order valence-electron chi connectivity index (χ4n) is 3.11. The third kappa shape index (κ3) is 4.13. The number of aryl methyl sites for hydroxylation is 1. The zero-order valence-corrected chi connectivity index (χ0v) is 15.2. The van der Waals surface area contributed by atoms with E-state index in [9.17, 15) is 14.9 Å². The Morgan fingerprint density at radius 3 is 2.96 bits per heavy atom. The molecule has 0 radical (unpaired) electrons. The van der Waals surface area contributed by atoms with Crippen LogP contribution in [0.3, 0.4) is 0 Å². The molecule has 1 aliphatic rings. The van der Waals surface area contributed by atoms with Gasteiger partial charge in [-0.15, -0.1) is 10.2 Å². The number of carbonyl (C=O) groups is 1. The van der Waals surface area contributed by atoms with Gasteiger partial charge in [0.15, 0.2) is 5.82 Å². The molecular formula is C18H21N5O4. The molecule has 0 saturated heterocycles. The van der Waals surface area contributed by atoms with Gasteiger partial charge in [-0.1, -0.05) is 6.07 Å². The molecule has 1 unspecified atom stereocenters. The van der Waals surface area contributed by atoms with Crippen LogP contribution in [0.5, 0.6) is 0 Å². The Hall–Kier alpha value is -3.23. The van der Waals surface area contributed by atoms with E-state index < -0.39 is 10.9 Å². The van der Waals surface area contributed by atoms with Crippen molar-refractivity contribution in [3.8, 4) is 0 Å². The van der Waals surface area contributed by atoms with Crippen molar-refractivity contribution in [2.24, 2.45) is 0 Å². The molecule has 9 nitrogen and oxygen atoms in total. The first kappa shape index (κ1) is 18.6. The molecule has 1 aromatic heterocycles. The van der Waals surface area contributed by atoms with Crippen molar-refractivity contribution in [1.82, 2.24) is 14.8 Å². The first-order valence-electron chi connectivity index (χ1n) is 8.72. The van der Waals surface area contributed by atoms with E-state index in [-0.39, 0.29) is 11.7 Å². The van der Waals surface area contributed by atoms with Gasteiger partial charge in [0.2, 0.25) is 0 Å². The molecule has 0 aliphatic carbocycles. The van der Waals surface area contributed by atoms with Crippen molar-refractivity contribution < 1.29 is 14.5 Å². The highest BCUT2D eigenvalue weighted by molar-refractivity contribution is 5.87. The molecule has 0 spiro atoms. The van der Waals surface area contributed by atoms with Crippen LogP contribution in [0.2, 0.25) is 0 Å². The molecule has 3 rings (SSSR count). The van der Waals surface area contributed by atoms with E-state index >= 15 is 0 Å². The minimum absolute atomic E-state index is 0.0766. The summed E-state index contributed by atoms with van der Waals surface area (Å²) in [6, 6.07) is 4.49. The summed E-state index contributed by atoms with van der Waals surface area (Å²) in [5.41, 5.74) is 0.841. The number of ether oxygens (including phenoxy) is 1. The minimum atomic E-state index is -0.523. The summed E-state index contributed by atoms with van der Waals surface area (Å²) < 4.78 is 6.61. The van der Waals surface area contributed by atoms with E-state index in [1.165, 1.54) is 25.3 Å². The number of carbonyl (C=O) groups excluding carboxylic acids is 1. The molecule has 27 heavy (non-hydrogen) atoms. The molecule has 1 aliphatic heterocycles. The Balaban J connectivity index is 1.83. The average Bonchev–Trinajstić information content (AvgIpc) is 3.10. The molecule has 0 bridgehead atoms. The third-order valence-electron chi connectivity index (χ3n) is 4.48. The number of hydrogen-bond donors (Lipinski definition) is 1. The van der Waals surface area contributed by atoms with Crippen molar-refractivity contribution in [1.29, 1.82) is 0 Å². The lowest BCUT2D eigenvalue weighted by Gasteiger charge is -2.19. The summed E-state index contributed by atoms with van der Waals surface area (Å²) in [6.45, 7) is 2.77. The lowest BCUT2D eigenvalue weighted by molar-refractivity contribution is -0.384. The summed E-state index contributed by atoms with van der Waals surface area (Å²) in [4.78, 5) is 22.2. The fourth-order valence-corrected chi connectivity index (χ4v) is 3.11. The zero-order valence-electron chi connectivity index (χ0n) is 15.2. The van der Waals surface area contributed by atoms with E-state index in [0.717, 1.165) is 37.5 Å². The number of fused-ring (bicyclic) bond motifs is 1. The van der Waals surface area contributed by atoms with Gasteiger partial charge in [0.1, 0.15) is 11.5 Å². The van der Waals surface area contributed by atoms with Gasteiger partial charge >= 0.3 is 5.97 Å². The van der Waals surface area contributed by atoms with Gasteiger partial charge in [0.05, 0.1) is 18.1 Å². The Morgan fingerprint density at radius 2 is 2.22 bits per heavy atom. The van der Waals surface area contributed by atoms with E-state index in [1.54, 1.807) is 12.1 Å². The van der Waals surface area contributed by atoms with Crippen LogP contribution in [0, 0.1) is 10.1 Å². The van der Waals surface area contributed by atoms with Crippen LogP contribution in [0.1, 0.15) is 43.0 Å². The minimum Gasteiger partial charge on any atom is -0.466 e. The molecule has 1 aromatic carbocycles. The van der Waals surface area contributed by atoms with Crippen LogP contribution in [0.4, 0.5) is 11.4 Å². The van der Waals surface area contributed by atoms with Crippen molar-refractivity contribution in [3.05, 3.63) is 51.6 Å². The predicted molar refractivity (Wildman–Crippen MR) is 99.1 cm³/mol. The summed E-state index contributed by atoms with van der Waals surface area (Å²) >= 11 is 0. The highest BCUT2D eigenvalue weighted by Gasteiger charge is 2.22. The first-order chi connectivity index (χ1) is 13.0. The number of nitro benzene ring substituents is 1. The molecule has 2 aromatic rings. The van der Waals surface area contributed by atoms with Gasteiger partial charge in [0.25, 0.3) is 5.69 Å². The number of nitrogens with one attached hydrogen (secondary N) is 1. The molecule has 9 heteroatoms. The quantitative estimate of drug-likeness (QED) is 0.359. The SMILES string of the molecule is COC(=O)/C=C/c1ccc(NC(C)c2nnc3n2CCCC3)c([N+](=O)[O-])c1. The van der Waals surface area contributed by atoms with Crippen LogP contribution < -0.4 is 5.32 Å². The van der Waals surface area contributed by atoms with Crippen LogP contribution >= 0.6 is 0 Å². The lowest BCUT2D eigenvalue weighted by Crippen LogP contribution is -2.18. The Bertz CT molecular complexity index is 890. The molecule has 142 valence electrons. The van der Waals surface area contributed by atoms with Gasteiger partial charge in [-0.3, -0.25) is 10.1 Å². The number of aromatic nitrogens is 3. The summed E-state index contributed by atoms with van der Waals surface area (Å²) in [5, 5.41) is 23.1. The second-order valence-corrected chi connectivity index (χ2v) is 6.34. The van der Waals surface area contributed by atoms with Gasteiger partial charge in [-0.25, -0.2) is 4.79 Å². The highest BCUT2D eigenvalue weighted by Crippen LogP contribution is 2.30. The monoisotopic (exact) mass is 371 g/mol. The maximum absolute atomic E-state index is 11.5. The standard InChI is InChI=1S/C18H21N5O4/c1-12(18-21-20-16-5-3-4-10-22(16)18)19-14-8-6-13(7-9-17(24)27-2)11-15(14)23(25)26/h6-9,11-12,19H,3-5,10H2,1-2H3/b9-7+. The molecule has 2 heterocycles. The number of rotatable bonds is 6. The number of nitrogens with zero attached hydrogens (tertiary/aromatic N) is 4. The largest absolute Gasteiger partial charge is 0.466 e. The normalized spacial score (nSPS) is 14.6. The Labute approximate surface area is 156 Å². The van der Waals surface area contributed by atoms with Crippen LogP contribution in [-0.2, 0) is 22.5 Å². The zero-order chi connectivity index (χ0) is 19.4. The molecule has 1 atom stereocenters. The maximum Gasteiger partial charge on any atom is 0.330 e. The van der Waals surface area contributed by atoms with Gasteiger partial charge in [-0.2, -0.15) is 0 Å². The molecule has 1 N–H and O–H groups in total. The third-order valence-corrected chi connectivity index (χ3v) is 4.48. The van der Waals surface area contributed by atoms with E-state index in [4.69, 9.17) is 0 Å². The summed E-state index contributed by atoms with van der Waals surface area (Å²) in [6.07, 6.45) is 5.78. The van der Waals surface area contributed by atoms with Crippen LogP contribution in [0.25, 0.3) is 6.08 Å². The number of anilines is 1. The predicted octanol–water partition coefficient (Wildman–Crippen LogP) is 2.88. The number of hydrogen-bond acceptors (Lipinski definition) is 7. The topological polar surface area (TPSA) is 112 Å². The fraction of sp³-hybridized carbons (Fsp3) is 0.389. The van der Waals surface area contributed by atoms with Crippen molar-refractivity contribution in [3.63, 3.8) is 0 Å². The van der Waals surface area contributed by atoms with Crippen molar-refractivity contribution in [2.45, 2.75) is 38.8 Å². The number of esters is 1. The first-order valence-corrected chi connectivity index (χ1v) is 8.72. The van der Waals surface area contributed by atoms with Crippen LogP contribution in [0.15, 0.2) is 24.3 Å². The second-order valence-electron chi connectivity index (χ2n) is 6.34. The average molecular weight is 371 g/mol. The Kier molecular flexibility index (Phi) is 5.49. The summed E-state index contributed by atoms with van der Waals surface area (Å²) in [5.74, 6) is 1.21. The second kappa shape index (κ2) is 7.98. The van der Waals surface area contributed by atoms with E-state index in [1.807, 2.05) is 6.92 Å². The number of benzene rings is 1. The smallest absolute Gasteiger partial charge is 0.330 e. The number of nitro groups is 1. The summed E-state index contributed by atoms with van der Waals surface area (Å²) in [7, 11) is 1.27. The van der Waals surface area contributed by atoms with E-state index in [0.29, 0.717) is 11.3 Å². The van der Waals surface area contributed by atoms with Crippen molar-refractivity contribution >= 4 is 23.4 Å². The van der Waals surface area contributed by atoms with Crippen LogP contribution in [-0.4, -0.2) is 32.8 Å². The van der Waals surface area contributed by atoms with E-state index in [2.05, 4.69) is 24.8 Å². The molecule has 0 fully saturated rings. The number of methoxy groups -OCH3 is 1. The van der Waals surface area contributed by atoms with Gasteiger partial charge in [0, 0.05) is 25.1 Å². The molecule has 0 amide bonds. The molecule has 0 saturated carbocycles. The van der Waals surface area contributed by atoms with Gasteiger partial charge < -0.3 is 14.6 Å². The maximum atomic E-state index is 11.5.